The number of aromatic nitrogens is 1. The van der Waals surface area contributed by atoms with Gasteiger partial charge in [-0.05, 0) is 26.3 Å². The smallest absolute Gasteiger partial charge is 0.217 e. The molecule has 7 nitrogen and oxygen atoms in total. The van der Waals surface area contributed by atoms with Crippen molar-refractivity contribution in [3.8, 4) is 5.88 Å². The van der Waals surface area contributed by atoms with Crippen LogP contribution in [0.25, 0.3) is 0 Å². The molecule has 2 aromatic rings. The molecule has 3 N–H and O–H groups in total. The molecule has 1 aliphatic rings. The van der Waals surface area contributed by atoms with E-state index in [4.69, 9.17) is 20.6 Å². The van der Waals surface area contributed by atoms with Crippen LogP contribution in [0.4, 0.5) is 11.5 Å². The van der Waals surface area contributed by atoms with Crippen molar-refractivity contribution in [3.05, 3.63) is 47.5 Å². The SMILES string of the molecule is CCN(CC)c1cc(N)nc(OCCN2CCOCC2)c1.Cc1cccc(C=N)c1. The first kappa shape index (κ1) is 23.6. The quantitative estimate of drug-likeness (QED) is 0.646. The minimum atomic E-state index is 0.501. The van der Waals surface area contributed by atoms with Crippen LogP contribution in [0, 0.1) is 12.3 Å². The highest BCUT2D eigenvalue weighted by atomic mass is 16.5. The van der Waals surface area contributed by atoms with Gasteiger partial charge in [0.2, 0.25) is 5.88 Å². The Hall–Kier alpha value is -2.64. The fourth-order valence-electron chi connectivity index (χ4n) is 3.22. The Kier molecular flexibility index (Phi) is 10.1. The molecule has 1 aromatic heterocycles. The third-order valence-electron chi connectivity index (χ3n) is 4.90. The predicted octanol–water partition coefficient (Wildman–Crippen LogP) is 3.21. The number of nitrogens with two attached hydrogens (primary N) is 1. The Morgan fingerprint density at radius 2 is 1.93 bits per heavy atom. The number of hydrogen-bond acceptors (Lipinski definition) is 7. The molecular weight excluding hydrogens is 378 g/mol. The fourth-order valence-corrected chi connectivity index (χ4v) is 3.22. The summed E-state index contributed by atoms with van der Waals surface area (Å²) in [6.45, 7) is 13.2. The minimum absolute atomic E-state index is 0.501. The van der Waals surface area contributed by atoms with Crippen LogP contribution in [0.15, 0.2) is 36.4 Å². The summed E-state index contributed by atoms with van der Waals surface area (Å²) >= 11 is 0. The van der Waals surface area contributed by atoms with E-state index >= 15 is 0 Å². The van der Waals surface area contributed by atoms with Gasteiger partial charge in [-0.15, -0.1) is 0 Å². The normalized spacial score (nSPS) is 13.8. The zero-order chi connectivity index (χ0) is 21.8. The summed E-state index contributed by atoms with van der Waals surface area (Å²) in [5.74, 6) is 1.10. The highest BCUT2D eigenvalue weighted by Gasteiger charge is 2.11. The van der Waals surface area contributed by atoms with E-state index in [-0.39, 0.29) is 0 Å². The van der Waals surface area contributed by atoms with E-state index in [1.54, 1.807) is 0 Å². The Morgan fingerprint density at radius 3 is 2.53 bits per heavy atom. The van der Waals surface area contributed by atoms with E-state index in [9.17, 15) is 0 Å². The van der Waals surface area contributed by atoms with E-state index in [0.29, 0.717) is 18.3 Å². The molecule has 1 aliphatic heterocycles. The zero-order valence-electron chi connectivity index (χ0n) is 18.4. The van der Waals surface area contributed by atoms with E-state index in [1.165, 1.54) is 11.8 Å². The fraction of sp³-hybridized carbons (Fsp3) is 0.478. The molecule has 0 aliphatic carbocycles. The van der Waals surface area contributed by atoms with Crippen LogP contribution in [-0.4, -0.2) is 68.6 Å². The van der Waals surface area contributed by atoms with Crippen molar-refractivity contribution >= 4 is 17.7 Å². The first-order valence-corrected chi connectivity index (χ1v) is 10.6. The van der Waals surface area contributed by atoms with Gasteiger partial charge in [0.1, 0.15) is 12.4 Å². The molecule has 0 atom stereocenters. The van der Waals surface area contributed by atoms with E-state index in [0.717, 1.165) is 57.2 Å². The molecule has 0 amide bonds. The number of nitrogens with zero attached hydrogens (tertiary/aromatic N) is 3. The number of nitrogens with one attached hydrogen (secondary N) is 1. The molecule has 164 valence electrons. The van der Waals surface area contributed by atoms with Gasteiger partial charge < -0.3 is 25.5 Å². The number of hydrogen-bond donors (Lipinski definition) is 2. The lowest BCUT2D eigenvalue weighted by Crippen LogP contribution is -2.38. The average molecular weight is 414 g/mol. The second-order valence-electron chi connectivity index (χ2n) is 7.12. The van der Waals surface area contributed by atoms with Crippen LogP contribution in [0.3, 0.4) is 0 Å². The lowest BCUT2D eigenvalue weighted by molar-refractivity contribution is 0.0320. The molecule has 1 fully saturated rings. The van der Waals surface area contributed by atoms with Crippen molar-refractivity contribution in [2.75, 3.05) is 63.2 Å². The van der Waals surface area contributed by atoms with E-state index in [1.807, 2.05) is 43.3 Å². The maximum absolute atomic E-state index is 6.92. The summed E-state index contributed by atoms with van der Waals surface area (Å²) in [4.78, 5) is 8.82. The van der Waals surface area contributed by atoms with Crippen molar-refractivity contribution in [3.63, 3.8) is 0 Å². The molecule has 0 spiro atoms. The lowest BCUT2D eigenvalue weighted by Gasteiger charge is -2.26. The molecule has 1 aromatic carbocycles. The summed E-state index contributed by atoms with van der Waals surface area (Å²) < 4.78 is 11.1. The Bertz CT molecular complexity index is 774. The summed E-state index contributed by atoms with van der Waals surface area (Å²) in [5, 5.41) is 6.92. The average Bonchev–Trinajstić information content (AvgIpc) is 2.75. The van der Waals surface area contributed by atoms with Crippen molar-refractivity contribution in [2.24, 2.45) is 0 Å². The number of pyridine rings is 1. The Balaban J connectivity index is 0.000000297. The number of rotatable bonds is 8. The van der Waals surface area contributed by atoms with Crippen molar-refractivity contribution < 1.29 is 9.47 Å². The predicted molar refractivity (Wildman–Crippen MR) is 124 cm³/mol. The van der Waals surface area contributed by atoms with Gasteiger partial charge in [0.15, 0.2) is 0 Å². The molecule has 7 heteroatoms. The van der Waals surface area contributed by atoms with Gasteiger partial charge in [-0.1, -0.05) is 29.8 Å². The Morgan fingerprint density at radius 1 is 1.20 bits per heavy atom. The van der Waals surface area contributed by atoms with Crippen LogP contribution >= 0.6 is 0 Å². The van der Waals surface area contributed by atoms with Gasteiger partial charge in [0.05, 0.1) is 13.2 Å². The summed E-state index contributed by atoms with van der Waals surface area (Å²) in [7, 11) is 0. The monoisotopic (exact) mass is 413 g/mol. The second-order valence-corrected chi connectivity index (χ2v) is 7.12. The van der Waals surface area contributed by atoms with Crippen LogP contribution in [0.5, 0.6) is 5.88 Å². The third kappa shape index (κ3) is 8.00. The first-order valence-electron chi connectivity index (χ1n) is 10.6. The standard InChI is InChI=1S/C15H26N4O2.C8H9N/c1-3-19(4-2)13-11-14(16)17-15(12-13)21-10-7-18-5-8-20-9-6-18;1-7-3-2-4-8(5-7)6-9/h11-12H,3-10H2,1-2H3,(H2,16,17);2-6,9H,1H3. The minimum Gasteiger partial charge on any atom is -0.476 e. The van der Waals surface area contributed by atoms with Crippen molar-refractivity contribution in [2.45, 2.75) is 20.8 Å². The van der Waals surface area contributed by atoms with Gasteiger partial charge in [-0.2, -0.15) is 4.98 Å². The molecule has 1 saturated heterocycles. The molecule has 0 saturated carbocycles. The first-order chi connectivity index (χ1) is 14.5. The van der Waals surface area contributed by atoms with E-state index in [2.05, 4.69) is 28.6 Å². The number of benzene rings is 1. The summed E-state index contributed by atoms with van der Waals surface area (Å²) in [5.41, 5.74) is 9.11. The Labute approximate surface area is 180 Å². The number of morpholine rings is 1. The largest absolute Gasteiger partial charge is 0.476 e. The van der Waals surface area contributed by atoms with Gasteiger partial charge in [0.25, 0.3) is 0 Å². The molecule has 0 bridgehead atoms. The number of anilines is 2. The van der Waals surface area contributed by atoms with Gasteiger partial charge in [0, 0.05) is 56.8 Å². The molecule has 0 radical (unpaired) electrons. The molecule has 30 heavy (non-hydrogen) atoms. The third-order valence-corrected chi connectivity index (χ3v) is 4.90. The van der Waals surface area contributed by atoms with Crippen LogP contribution in [0.1, 0.15) is 25.0 Å². The number of nitrogen functional groups attached to an aromatic ring is 1. The lowest BCUT2D eigenvalue weighted by atomic mass is 10.2. The number of ether oxygens (including phenoxy) is 2. The van der Waals surface area contributed by atoms with Gasteiger partial charge in [-0.3, -0.25) is 4.90 Å². The molecular formula is C23H35N5O2. The number of aryl methyl sites for hydroxylation is 1. The highest BCUT2D eigenvalue weighted by Crippen LogP contribution is 2.22. The van der Waals surface area contributed by atoms with Crippen LogP contribution in [0.2, 0.25) is 0 Å². The molecule has 0 unspecified atom stereocenters. The van der Waals surface area contributed by atoms with Crippen LogP contribution in [-0.2, 0) is 4.74 Å². The highest BCUT2D eigenvalue weighted by molar-refractivity contribution is 5.76. The van der Waals surface area contributed by atoms with Gasteiger partial charge >= 0.3 is 0 Å². The maximum atomic E-state index is 6.92. The van der Waals surface area contributed by atoms with E-state index < -0.39 is 0 Å². The van der Waals surface area contributed by atoms with Crippen molar-refractivity contribution in [1.82, 2.24) is 9.88 Å². The van der Waals surface area contributed by atoms with Gasteiger partial charge in [-0.25, -0.2) is 0 Å². The maximum Gasteiger partial charge on any atom is 0.217 e. The topological polar surface area (TPSA) is 87.7 Å². The van der Waals surface area contributed by atoms with Crippen LogP contribution < -0.4 is 15.4 Å². The second kappa shape index (κ2) is 12.8. The summed E-state index contributed by atoms with van der Waals surface area (Å²) in [6, 6.07) is 11.7. The van der Waals surface area contributed by atoms with Crippen molar-refractivity contribution in [1.29, 1.82) is 5.41 Å². The summed E-state index contributed by atoms with van der Waals surface area (Å²) in [6.07, 6.45) is 1.35. The molecule has 3 rings (SSSR count). The molecule has 2 heterocycles. The zero-order valence-corrected chi connectivity index (χ0v) is 18.4.